The van der Waals surface area contributed by atoms with Crippen LogP contribution < -0.4 is 5.73 Å². The Kier molecular flexibility index (Phi) is 2.85. The largest absolute Gasteiger partial charge is 0.386 e. The quantitative estimate of drug-likeness (QED) is 0.517. The highest BCUT2D eigenvalue weighted by Crippen LogP contribution is 2.28. The van der Waals surface area contributed by atoms with E-state index in [1.807, 2.05) is 6.92 Å². The van der Waals surface area contributed by atoms with Crippen molar-refractivity contribution in [3.8, 4) is 0 Å². The van der Waals surface area contributed by atoms with Crippen LogP contribution in [0.3, 0.4) is 0 Å². The van der Waals surface area contributed by atoms with Crippen LogP contribution in [0.25, 0.3) is 0 Å². The normalized spacial score (nSPS) is 24.5. The predicted octanol–water partition coefficient (Wildman–Crippen LogP) is 1.04. The molecule has 1 aliphatic heterocycles. The molecule has 1 aliphatic rings. The molecule has 0 saturated carbocycles. The van der Waals surface area contributed by atoms with Crippen LogP contribution in [-0.4, -0.2) is 35.8 Å². The number of nitrogens with zero attached hydrogens (tertiary/aromatic N) is 1. The summed E-state index contributed by atoms with van der Waals surface area (Å²) >= 11 is 0. The van der Waals surface area contributed by atoms with Gasteiger partial charge in [-0.25, -0.2) is 8.78 Å². The second-order valence-corrected chi connectivity index (χ2v) is 3.46. The average Bonchev–Trinajstić information content (AvgIpc) is 2.31. The van der Waals surface area contributed by atoms with Crippen molar-refractivity contribution in [2.45, 2.75) is 31.7 Å². The minimum absolute atomic E-state index is 0.0137. The lowest BCUT2D eigenvalue weighted by molar-refractivity contribution is 0.0102. The number of alkyl halides is 2. The SMILES string of the molecule is CCC(C(=N)N)N1CCC(F)(F)C1. The Labute approximate surface area is 76.4 Å². The summed E-state index contributed by atoms with van der Waals surface area (Å²) in [7, 11) is 0. The summed E-state index contributed by atoms with van der Waals surface area (Å²) in [4.78, 5) is 1.59. The summed E-state index contributed by atoms with van der Waals surface area (Å²) < 4.78 is 25.6. The lowest BCUT2D eigenvalue weighted by atomic mass is 10.2. The van der Waals surface area contributed by atoms with Crippen LogP contribution in [0.5, 0.6) is 0 Å². The number of nitrogens with two attached hydrogens (primary N) is 1. The summed E-state index contributed by atoms with van der Waals surface area (Å²) in [5.74, 6) is -2.61. The zero-order valence-corrected chi connectivity index (χ0v) is 7.69. The summed E-state index contributed by atoms with van der Waals surface area (Å²) in [6.07, 6.45) is 0.502. The number of halogens is 2. The van der Waals surface area contributed by atoms with Gasteiger partial charge < -0.3 is 5.73 Å². The molecule has 1 saturated heterocycles. The molecule has 13 heavy (non-hydrogen) atoms. The van der Waals surface area contributed by atoms with Crippen LogP contribution in [0, 0.1) is 5.41 Å². The van der Waals surface area contributed by atoms with E-state index in [2.05, 4.69) is 0 Å². The first-order valence-electron chi connectivity index (χ1n) is 4.42. The highest BCUT2D eigenvalue weighted by molar-refractivity contribution is 5.82. The highest BCUT2D eigenvalue weighted by atomic mass is 19.3. The Balaban J connectivity index is 2.58. The van der Waals surface area contributed by atoms with Gasteiger partial charge in [-0.2, -0.15) is 0 Å². The summed E-state index contributed by atoms with van der Waals surface area (Å²) in [6.45, 7) is 1.93. The van der Waals surface area contributed by atoms with Crippen molar-refractivity contribution >= 4 is 5.84 Å². The molecule has 3 nitrogen and oxygen atoms in total. The van der Waals surface area contributed by atoms with Gasteiger partial charge in [0.15, 0.2) is 0 Å². The van der Waals surface area contributed by atoms with Crippen LogP contribution >= 0.6 is 0 Å². The van der Waals surface area contributed by atoms with Crippen molar-refractivity contribution in [1.29, 1.82) is 5.41 Å². The van der Waals surface area contributed by atoms with Crippen molar-refractivity contribution in [3.63, 3.8) is 0 Å². The lowest BCUT2D eigenvalue weighted by Crippen LogP contribution is -2.43. The van der Waals surface area contributed by atoms with Gasteiger partial charge in [-0.3, -0.25) is 10.3 Å². The van der Waals surface area contributed by atoms with Crippen LogP contribution in [0.4, 0.5) is 8.78 Å². The third kappa shape index (κ3) is 2.37. The second-order valence-electron chi connectivity index (χ2n) is 3.46. The fraction of sp³-hybridized carbons (Fsp3) is 0.875. The Hall–Kier alpha value is -0.710. The molecule has 0 radical (unpaired) electrons. The zero-order valence-electron chi connectivity index (χ0n) is 7.69. The van der Waals surface area contributed by atoms with Crippen LogP contribution in [0.2, 0.25) is 0 Å². The molecule has 0 spiro atoms. The smallest absolute Gasteiger partial charge is 0.261 e. The topological polar surface area (TPSA) is 53.1 Å². The van der Waals surface area contributed by atoms with Crippen molar-refractivity contribution in [2.24, 2.45) is 5.73 Å². The van der Waals surface area contributed by atoms with Crippen molar-refractivity contribution in [1.82, 2.24) is 4.90 Å². The molecular weight excluding hydrogens is 176 g/mol. The van der Waals surface area contributed by atoms with Gasteiger partial charge in [0, 0.05) is 13.0 Å². The molecule has 1 unspecified atom stereocenters. The Morgan fingerprint density at radius 3 is 2.62 bits per heavy atom. The molecule has 1 rings (SSSR count). The van der Waals surface area contributed by atoms with E-state index >= 15 is 0 Å². The monoisotopic (exact) mass is 191 g/mol. The maximum atomic E-state index is 12.8. The molecule has 0 amide bonds. The summed E-state index contributed by atoms with van der Waals surface area (Å²) in [5.41, 5.74) is 5.31. The number of hydrogen-bond acceptors (Lipinski definition) is 2. The lowest BCUT2D eigenvalue weighted by Gasteiger charge is -2.24. The zero-order chi connectivity index (χ0) is 10.1. The predicted molar refractivity (Wildman–Crippen MR) is 47.1 cm³/mol. The van der Waals surface area contributed by atoms with Gasteiger partial charge in [-0.05, 0) is 6.42 Å². The fourth-order valence-corrected chi connectivity index (χ4v) is 1.70. The second kappa shape index (κ2) is 3.57. The van der Waals surface area contributed by atoms with Gasteiger partial charge in [-0.1, -0.05) is 6.92 Å². The molecular formula is C8H15F2N3. The third-order valence-electron chi connectivity index (χ3n) is 2.39. The van der Waals surface area contributed by atoms with Crippen molar-refractivity contribution < 1.29 is 8.78 Å². The van der Waals surface area contributed by atoms with Crippen molar-refractivity contribution in [3.05, 3.63) is 0 Å². The maximum Gasteiger partial charge on any atom is 0.261 e. The fourth-order valence-electron chi connectivity index (χ4n) is 1.70. The van der Waals surface area contributed by atoms with Crippen molar-refractivity contribution in [2.75, 3.05) is 13.1 Å². The standard InChI is InChI=1S/C8H15F2N3/c1-2-6(7(11)12)13-4-3-8(9,10)5-13/h6H,2-5H2,1H3,(H3,11,12). The van der Waals surface area contributed by atoms with E-state index in [0.29, 0.717) is 13.0 Å². The van der Waals surface area contributed by atoms with Gasteiger partial charge in [0.2, 0.25) is 0 Å². The average molecular weight is 191 g/mol. The molecule has 0 aliphatic carbocycles. The van der Waals surface area contributed by atoms with Crippen LogP contribution in [-0.2, 0) is 0 Å². The number of nitrogens with one attached hydrogen (secondary N) is 1. The van der Waals surface area contributed by atoms with E-state index < -0.39 is 5.92 Å². The molecule has 1 fully saturated rings. The Bertz CT molecular complexity index is 206. The number of rotatable bonds is 3. The van der Waals surface area contributed by atoms with E-state index in [-0.39, 0.29) is 24.8 Å². The van der Waals surface area contributed by atoms with Gasteiger partial charge >= 0.3 is 0 Å². The Morgan fingerprint density at radius 2 is 2.31 bits per heavy atom. The third-order valence-corrected chi connectivity index (χ3v) is 2.39. The number of likely N-dealkylation sites (tertiary alicyclic amines) is 1. The highest BCUT2D eigenvalue weighted by Gasteiger charge is 2.40. The summed E-state index contributed by atoms with van der Waals surface area (Å²) in [6, 6.07) is -0.312. The van der Waals surface area contributed by atoms with Gasteiger partial charge in [-0.15, -0.1) is 0 Å². The van der Waals surface area contributed by atoms with Crippen LogP contribution in [0.1, 0.15) is 19.8 Å². The molecule has 0 aromatic heterocycles. The van der Waals surface area contributed by atoms with E-state index in [4.69, 9.17) is 11.1 Å². The van der Waals surface area contributed by atoms with E-state index in [0.717, 1.165) is 0 Å². The van der Waals surface area contributed by atoms with Crippen LogP contribution in [0.15, 0.2) is 0 Å². The number of hydrogen-bond donors (Lipinski definition) is 2. The molecule has 1 atom stereocenters. The van der Waals surface area contributed by atoms with E-state index in [1.165, 1.54) is 0 Å². The molecule has 0 aromatic carbocycles. The maximum absolute atomic E-state index is 12.8. The minimum Gasteiger partial charge on any atom is -0.386 e. The molecule has 0 aromatic rings. The molecule has 1 heterocycles. The van der Waals surface area contributed by atoms with Gasteiger partial charge in [0.1, 0.15) is 5.84 Å². The minimum atomic E-state index is -2.59. The van der Waals surface area contributed by atoms with Gasteiger partial charge in [0.05, 0.1) is 12.6 Å². The number of amidine groups is 1. The molecule has 76 valence electrons. The molecule has 5 heteroatoms. The molecule has 3 N–H and O–H groups in total. The first-order chi connectivity index (χ1) is 5.96. The Morgan fingerprint density at radius 1 is 1.69 bits per heavy atom. The first-order valence-corrected chi connectivity index (χ1v) is 4.42. The summed E-state index contributed by atoms with van der Waals surface area (Å²) in [5, 5.41) is 7.24. The first kappa shape index (κ1) is 10.4. The van der Waals surface area contributed by atoms with E-state index in [9.17, 15) is 8.78 Å². The van der Waals surface area contributed by atoms with Gasteiger partial charge in [0.25, 0.3) is 5.92 Å². The van der Waals surface area contributed by atoms with E-state index in [1.54, 1.807) is 4.90 Å². The molecule has 0 bridgehead atoms.